The van der Waals surface area contributed by atoms with Gasteiger partial charge in [0.05, 0.1) is 10.6 Å². The summed E-state index contributed by atoms with van der Waals surface area (Å²) in [6, 6.07) is 12.6. The molecule has 204 valence electrons. The Hall–Kier alpha value is -3.77. The number of hydrogen-bond acceptors (Lipinski definition) is 8. The summed E-state index contributed by atoms with van der Waals surface area (Å²) in [7, 11) is 0. The van der Waals surface area contributed by atoms with E-state index in [4.69, 9.17) is 4.74 Å². The average Bonchev–Trinajstić information content (AvgIpc) is 3.43. The molecule has 3 heterocycles. The molecule has 1 aromatic carbocycles. The largest absolute Gasteiger partial charge is 0.491 e. The van der Waals surface area contributed by atoms with E-state index in [0.717, 1.165) is 42.8 Å². The molecule has 39 heavy (non-hydrogen) atoms. The van der Waals surface area contributed by atoms with Gasteiger partial charge in [0.25, 0.3) is 5.91 Å². The van der Waals surface area contributed by atoms with Crippen molar-refractivity contribution in [2.45, 2.75) is 37.4 Å². The summed E-state index contributed by atoms with van der Waals surface area (Å²) < 4.78 is 45.6. The molecule has 2 atom stereocenters. The Morgan fingerprint density at radius 2 is 1.97 bits per heavy atom. The number of nitrogens with zero attached hydrogens (tertiary/aromatic N) is 1. The number of hydrogen-bond donors (Lipinski definition) is 2. The average molecular weight is 560 g/mol. The summed E-state index contributed by atoms with van der Waals surface area (Å²) in [6.45, 7) is 1.19. The van der Waals surface area contributed by atoms with Crippen LogP contribution in [0.15, 0.2) is 48.7 Å². The van der Waals surface area contributed by atoms with Gasteiger partial charge in [-0.25, -0.2) is 9.59 Å². The summed E-state index contributed by atoms with van der Waals surface area (Å²) in [6.07, 6.45) is -1.88. The first-order valence-electron chi connectivity index (χ1n) is 12.3. The SMILES string of the molecule is O=C(COc1ccc(C(CNC(=O)c2cc3c(s2)CCNC3)CC2c3cccnc32)cc1)OC(=O)C(F)(F)F. The van der Waals surface area contributed by atoms with Crippen LogP contribution in [-0.2, 0) is 27.3 Å². The minimum atomic E-state index is -5.27. The van der Waals surface area contributed by atoms with Crippen molar-refractivity contribution >= 4 is 29.2 Å². The maximum absolute atomic E-state index is 13.0. The van der Waals surface area contributed by atoms with Crippen LogP contribution >= 0.6 is 11.3 Å². The van der Waals surface area contributed by atoms with E-state index in [0.29, 0.717) is 11.4 Å². The van der Waals surface area contributed by atoms with Gasteiger partial charge in [0.2, 0.25) is 0 Å². The number of thiophene rings is 1. The number of carbonyl (C=O) groups excluding carboxylic acids is 3. The number of aromatic nitrogens is 1. The van der Waals surface area contributed by atoms with Gasteiger partial charge in [0, 0.05) is 42.5 Å². The monoisotopic (exact) mass is 559 g/mol. The predicted octanol–water partition coefficient (Wildman–Crippen LogP) is 3.85. The third kappa shape index (κ3) is 6.45. The maximum atomic E-state index is 13.0. The molecule has 2 aliphatic rings. The summed E-state index contributed by atoms with van der Waals surface area (Å²) in [5.74, 6) is -3.82. The molecule has 1 aliphatic heterocycles. The van der Waals surface area contributed by atoms with Crippen molar-refractivity contribution in [3.63, 3.8) is 0 Å². The second-order valence-electron chi connectivity index (χ2n) is 9.28. The summed E-state index contributed by atoms with van der Waals surface area (Å²) in [5.41, 5.74) is 4.29. The molecule has 5 rings (SSSR count). The van der Waals surface area contributed by atoms with Crippen molar-refractivity contribution < 1.29 is 37.0 Å². The second kappa shape index (κ2) is 11.1. The minimum absolute atomic E-state index is 0.0622. The van der Waals surface area contributed by atoms with Crippen LogP contribution in [0.4, 0.5) is 13.2 Å². The van der Waals surface area contributed by atoms with Crippen molar-refractivity contribution in [3.05, 3.63) is 80.8 Å². The molecule has 0 saturated heterocycles. The Balaban J connectivity index is 1.22. The first-order chi connectivity index (χ1) is 18.7. The number of alkyl halides is 3. The number of carbonyl (C=O) groups is 3. The number of halogens is 3. The number of benzene rings is 1. The quantitative estimate of drug-likeness (QED) is 0.303. The number of amides is 1. The van der Waals surface area contributed by atoms with Gasteiger partial charge in [-0.1, -0.05) is 18.2 Å². The Morgan fingerprint density at radius 1 is 1.18 bits per heavy atom. The van der Waals surface area contributed by atoms with Gasteiger partial charge in [-0.05, 0) is 53.8 Å². The number of ether oxygens (including phenoxy) is 2. The summed E-state index contributed by atoms with van der Waals surface area (Å²) in [4.78, 5) is 41.6. The van der Waals surface area contributed by atoms with Crippen LogP contribution in [0.2, 0.25) is 0 Å². The first kappa shape index (κ1) is 26.8. The smallest absolute Gasteiger partial charge is 0.482 e. The lowest BCUT2D eigenvalue weighted by Gasteiger charge is -2.18. The molecule has 1 aliphatic carbocycles. The van der Waals surface area contributed by atoms with Crippen molar-refractivity contribution in [3.8, 4) is 5.75 Å². The molecular weight excluding hydrogens is 535 g/mol. The van der Waals surface area contributed by atoms with Gasteiger partial charge in [-0.2, -0.15) is 13.2 Å². The Bertz CT molecular complexity index is 1340. The van der Waals surface area contributed by atoms with E-state index in [1.54, 1.807) is 30.5 Å². The van der Waals surface area contributed by atoms with Gasteiger partial charge in [-0.15, -0.1) is 11.3 Å². The predicted molar refractivity (Wildman–Crippen MR) is 135 cm³/mol. The van der Waals surface area contributed by atoms with Crippen molar-refractivity contribution in [2.75, 3.05) is 19.7 Å². The molecular formula is C27H24F3N3O5S. The number of pyridine rings is 1. The highest BCUT2D eigenvalue weighted by atomic mass is 32.1. The van der Waals surface area contributed by atoms with E-state index in [2.05, 4.69) is 20.4 Å². The molecule has 0 bridgehead atoms. The third-order valence-corrected chi connectivity index (χ3v) is 7.87. The highest BCUT2D eigenvalue weighted by Gasteiger charge is 2.42. The molecule has 0 spiro atoms. The molecule has 1 amide bonds. The van der Waals surface area contributed by atoms with Crippen LogP contribution in [0, 0.1) is 0 Å². The molecule has 2 N–H and O–H groups in total. The van der Waals surface area contributed by atoms with E-state index < -0.39 is 24.7 Å². The zero-order chi connectivity index (χ0) is 27.6. The van der Waals surface area contributed by atoms with Crippen LogP contribution < -0.4 is 15.4 Å². The Morgan fingerprint density at radius 3 is 2.67 bits per heavy atom. The minimum Gasteiger partial charge on any atom is -0.482 e. The highest BCUT2D eigenvalue weighted by molar-refractivity contribution is 7.14. The molecule has 12 heteroatoms. The molecule has 0 fully saturated rings. The van der Waals surface area contributed by atoms with Gasteiger partial charge in [-0.3, -0.25) is 9.78 Å². The van der Waals surface area contributed by atoms with Crippen LogP contribution in [0.1, 0.15) is 55.2 Å². The standard InChI is InChI=1S/C27H24F3N3O5S/c28-27(29,30)26(36)38-23(34)14-37-18-5-3-15(4-6-18)16(10-20-19-2-1-8-32-24(19)20)13-33-25(35)22-11-17-12-31-9-7-21(17)39-22/h1-6,8,11,16,20,31H,7,9-10,12-14H2,(H,33,35). The Kier molecular flexibility index (Phi) is 7.67. The first-order valence-corrected chi connectivity index (χ1v) is 13.1. The van der Waals surface area contributed by atoms with Crippen LogP contribution in [0.3, 0.4) is 0 Å². The molecule has 0 saturated carbocycles. The fourth-order valence-electron chi connectivity index (χ4n) is 4.61. The van der Waals surface area contributed by atoms with E-state index in [9.17, 15) is 27.6 Å². The maximum Gasteiger partial charge on any atom is 0.491 e. The lowest BCUT2D eigenvalue weighted by atomic mass is 9.92. The molecule has 2 aromatic heterocycles. The van der Waals surface area contributed by atoms with E-state index in [-0.39, 0.29) is 23.5 Å². The normalized spacial score (nSPS) is 16.4. The molecule has 8 nitrogen and oxygen atoms in total. The second-order valence-corrected chi connectivity index (χ2v) is 10.4. The van der Waals surface area contributed by atoms with Crippen LogP contribution in [-0.4, -0.2) is 48.7 Å². The number of nitrogens with one attached hydrogen (secondary N) is 2. The third-order valence-electron chi connectivity index (χ3n) is 6.63. The van der Waals surface area contributed by atoms with Crippen molar-refractivity contribution in [1.82, 2.24) is 15.6 Å². The van der Waals surface area contributed by atoms with E-state index in [1.807, 2.05) is 18.2 Å². The Labute approximate surface area is 225 Å². The van der Waals surface area contributed by atoms with Crippen LogP contribution in [0.25, 0.3) is 0 Å². The number of rotatable bonds is 9. The fraction of sp³-hybridized carbons (Fsp3) is 0.333. The van der Waals surface area contributed by atoms with E-state index >= 15 is 0 Å². The zero-order valence-electron chi connectivity index (χ0n) is 20.5. The van der Waals surface area contributed by atoms with Gasteiger partial charge in [0.1, 0.15) is 5.75 Å². The zero-order valence-corrected chi connectivity index (χ0v) is 21.4. The molecule has 3 aromatic rings. The summed E-state index contributed by atoms with van der Waals surface area (Å²) >= 11 is 1.52. The van der Waals surface area contributed by atoms with Gasteiger partial charge in [0.15, 0.2) is 6.61 Å². The molecule has 2 unspecified atom stereocenters. The lowest BCUT2D eigenvalue weighted by Crippen LogP contribution is -2.30. The van der Waals surface area contributed by atoms with Gasteiger partial charge >= 0.3 is 18.1 Å². The summed E-state index contributed by atoms with van der Waals surface area (Å²) in [5, 5.41) is 6.38. The van der Waals surface area contributed by atoms with Crippen molar-refractivity contribution in [1.29, 1.82) is 0 Å². The molecule has 0 radical (unpaired) electrons. The fourth-order valence-corrected chi connectivity index (χ4v) is 5.71. The van der Waals surface area contributed by atoms with Crippen molar-refractivity contribution in [2.24, 2.45) is 0 Å². The van der Waals surface area contributed by atoms with Gasteiger partial charge < -0.3 is 20.1 Å². The van der Waals surface area contributed by atoms with E-state index in [1.165, 1.54) is 21.8 Å². The highest BCUT2D eigenvalue weighted by Crippen LogP contribution is 2.47. The number of esters is 2. The topological polar surface area (TPSA) is 107 Å². The number of fused-ring (bicyclic) bond motifs is 2. The lowest BCUT2D eigenvalue weighted by molar-refractivity contribution is -0.202. The van der Waals surface area contributed by atoms with Crippen LogP contribution in [0.5, 0.6) is 5.75 Å².